The summed E-state index contributed by atoms with van der Waals surface area (Å²) < 4.78 is 0.918. The van der Waals surface area contributed by atoms with Crippen LogP contribution in [0, 0.1) is 5.92 Å². The van der Waals surface area contributed by atoms with Crippen molar-refractivity contribution in [2.45, 2.75) is 38.5 Å². The maximum absolute atomic E-state index is 2.51. The molecule has 8 rings (SSSR count). The smallest absolute Gasteiger partial charge is 0.291 e. The molecule has 2 heteroatoms. The van der Waals surface area contributed by atoms with E-state index in [0.29, 0.717) is 5.92 Å². The van der Waals surface area contributed by atoms with Gasteiger partial charge in [-0.3, -0.25) is 0 Å². The number of benzene rings is 6. The van der Waals surface area contributed by atoms with Crippen molar-refractivity contribution in [2.24, 2.45) is 5.92 Å². The van der Waals surface area contributed by atoms with Crippen molar-refractivity contribution in [1.29, 1.82) is 0 Å². The molecule has 1 nitrogen and oxygen atoms in total. The molecule has 0 amide bonds. The third-order valence-corrected chi connectivity index (χ3v) is 12.2. The zero-order valence-electron chi connectivity index (χ0n) is 29.6. The van der Waals surface area contributed by atoms with Crippen molar-refractivity contribution < 1.29 is 4.39 Å². The van der Waals surface area contributed by atoms with E-state index < -0.39 is 6.28 Å². The summed E-state index contributed by atoms with van der Waals surface area (Å²) in [6.45, 7) is 1.12. The maximum Gasteiger partial charge on any atom is 0.291 e. The molecule has 0 aromatic heterocycles. The molecule has 0 bridgehead atoms. The predicted molar refractivity (Wildman–Crippen MR) is 216 cm³/mol. The van der Waals surface area contributed by atoms with Gasteiger partial charge in [0.1, 0.15) is 0 Å². The van der Waals surface area contributed by atoms with E-state index in [2.05, 4.69) is 178 Å². The summed E-state index contributed by atoms with van der Waals surface area (Å²) in [5.74, 6) is 0.640. The molecular weight excluding hydrogens is 601 g/mol. The van der Waals surface area contributed by atoms with Gasteiger partial charge in [-0.2, -0.15) is 0 Å². The van der Waals surface area contributed by atoms with E-state index in [4.69, 9.17) is 0 Å². The molecule has 1 aliphatic heterocycles. The molecule has 6 aromatic rings. The summed E-state index contributed by atoms with van der Waals surface area (Å²) in [6, 6.07) is 61.4. The van der Waals surface area contributed by atoms with Crippen LogP contribution in [-0.4, -0.2) is 31.3 Å². The lowest BCUT2D eigenvalue weighted by atomic mass is 9.19. The minimum atomic E-state index is -1.44. The van der Waals surface area contributed by atoms with Crippen LogP contribution in [0.15, 0.2) is 169 Å². The summed E-state index contributed by atoms with van der Waals surface area (Å²) in [6.07, 6.45) is 6.37. The summed E-state index contributed by atoms with van der Waals surface area (Å²) in [7, 11) is 5.01. The number of hydrogen-bond acceptors (Lipinski definition) is 0. The van der Waals surface area contributed by atoms with E-state index >= 15 is 0 Å². The van der Waals surface area contributed by atoms with Crippen LogP contribution in [0.1, 0.15) is 44.1 Å². The highest BCUT2D eigenvalue weighted by atomic mass is 15.3. The SMILES string of the molecule is C[N+]1(C)CCC(C2CCCCC2)=C(c2ccc(-c3ccccc3)cc2)[B-]1(c1ccc(-c2ccccc2)cc1)c1ccc(-c2ccccc2)cc1. The zero-order valence-corrected chi connectivity index (χ0v) is 29.6. The minimum absolute atomic E-state index is 0.640. The van der Waals surface area contributed by atoms with Crippen LogP contribution in [0.4, 0.5) is 0 Å². The molecule has 248 valence electrons. The average molecular weight is 650 g/mol. The Kier molecular flexibility index (Phi) is 8.90. The fraction of sp³-hybridized carbons (Fsp3) is 0.208. The monoisotopic (exact) mass is 649 g/mol. The Morgan fingerprint density at radius 3 is 1.20 bits per heavy atom. The lowest BCUT2D eigenvalue weighted by Crippen LogP contribution is -2.79. The van der Waals surface area contributed by atoms with E-state index in [1.807, 2.05) is 0 Å². The van der Waals surface area contributed by atoms with Crippen molar-refractivity contribution in [2.75, 3.05) is 20.6 Å². The summed E-state index contributed by atoms with van der Waals surface area (Å²) in [5, 5.41) is 0. The van der Waals surface area contributed by atoms with Gasteiger partial charge in [-0.15, -0.1) is 16.4 Å². The van der Waals surface area contributed by atoms with Crippen molar-refractivity contribution in [3.05, 3.63) is 175 Å². The van der Waals surface area contributed by atoms with Gasteiger partial charge < -0.3 is 4.39 Å². The zero-order chi connectivity index (χ0) is 34.0. The summed E-state index contributed by atoms with van der Waals surface area (Å²) in [4.78, 5) is 0. The molecule has 1 saturated carbocycles. The largest absolute Gasteiger partial charge is 0.509 e. The molecule has 0 atom stereocenters. The van der Waals surface area contributed by atoms with Crippen LogP contribution < -0.4 is 10.9 Å². The van der Waals surface area contributed by atoms with Crippen molar-refractivity contribution in [3.8, 4) is 33.4 Å². The van der Waals surface area contributed by atoms with Crippen LogP contribution in [0.3, 0.4) is 0 Å². The number of rotatable bonds is 7. The van der Waals surface area contributed by atoms with Gasteiger partial charge in [0.25, 0.3) is 6.28 Å². The highest BCUT2D eigenvalue weighted by Gasteiger charge is 2.51. The molecule has 50 heavy (non-hydrogen) atoms. The van der Waals surface area contributed by atoms with E-state index in [9.17, 15) is 0 Å². The van der Waals surface area contributed by atoms with Gasteiger partial charge in [0, 0.05) is 27.1 Å². The first kappa shape index (κ1) is 32.3. The van der Waals surface area contributed by atoms with Gasteiger partial charge in [0.05, 0.1) is 0 Å². The van der Waals surface area contributed by atoms with Crippen molar-refractivity contribution in [3.63, 3.8) is 0 Å². The first-order chi connectivity index (χ1) is 24.5. The molecule has 1 fully saturated rings. The fourth-order valence-electron chi connectivity index (χ4n) is 9.63. The fourth-order valence-corrected chi connectivity index (χ4v) is 9.63. The van der Waals surface area contributed by atoms with Crippen LogP contribution in [0.5, 0.6) is 0 Å². The van der Waals surface area contributed by atoms with Gasteiger partial charge in [-0.05, 0) is 52.1 Å². The molecule has 1 aliphatic carbocycles. The van der Waals surface area contributed by atoms with Crippen molar-refractivity contribution in [1.82, 2.24) is 0 Å². The van der Waals surface area contributed by atoms with Gasteiger partial charge in [0.15, 0.2) is 0 Å². The Balaban J connectivity index is 1.38. The Hall–Kier alpha value is -4.92. The predicted octanol–water partition coefficient (Wildman–Crippen LogP) is 10.8. The third-order valence-electron chi connectivity index (χ3n) is 12.2. The molecule has 2 aliphatic rings. The Labute approximate surface area is 299 Å². The topological polar surface area (TPSA) is 0 Å². The van der Waals surface area contributed by atoms with Crippen LogP contribution in [0.25, 0.3) is 38.9 Å². The maximum atomic E-state index is 2.51. The van der Waals surface area contributed by atoms with E-state index in [1.165, 1.54) is 82.0 Å². The van der Waals surface area contributed by atoms with Crippen LogP contribution >= 0.6 is 0 Å². The second-order valence-corrected chi connectivity index (χ2v) is 15.3. The second kappa shape index (κ2) is 13.8. The lowest BCUT2D eigenvalue weighted by Gasteiger charge is -2.62. The van der Waals surface area contributed by atoms with Gasteiger partial charge in [-0.25, -0.2) is 0 Å². The van der Waals surface area contributed by atoms with Gasteiger partial charge in [-0.1, -0.05) is 194 Å². The van der Waals surface area contributed by atoms with Gasteiger partial charge in [0.2, 0.25) is 0 Å². The Morgan fingerprint density at radius 2 is 0.780 bits per heavy atom. The molecule has 0 spiro atoms. The lowest BCUT2D eigenvalue weighted by molar-refractivity contribution is -0.787. The highest BCUT2D eigenvalue weighted by Crippen LogP contribution is 2.46. The first-order valence-corrected chi connectivity index (χ1v) is 18.7. The summed E-state index contributed by atoms with van der Waals surface area (Å²) in [5.41, 5.74) is 15.2. The standard InChI is InChI=1S/C48H48BN/c1-50(2)36-35-47(43-21-13-6-14-22-43)48(44-25-23-40(24-26-44)37-15-7-3-8-16-37)49(50,45-31-27-41(28-32-45)38-17-9-4-10-18-38)46-33-29-42(30-34-46)39-19-11-5-12-20-39/h3-5,7-12,15-20,23-34,43H,6,13-14,21-22,35-36H2,1-2H3. The van der Waals surface area contributed by atoms with E-state index in [1.54, 1.807) is 11.0 Å². The molecular formula is C48H48BN. The van der Waals surface area contributed by atoms with Crippen molar-refractivity contribution >= 4 is 22.7 Å². The second-order valence-electron chi connectivity index (χ2n) is 15.3. The normalized spacial score (nSPS) is 17.4. The molecule has 0 unspecified atom stereocenters. The van der Waals surface area contributed by atoms with Crippen LogP contribution in [0.2, 0.25) is 0 Å². The Bertz CT molecular complexity index is 1970. The third kappa shape index (κ3) is 5.86. The minimum Gasteiger partial charge on any atom is -0.509 e. The molecule has 0 saturated heterocycles. The average Bonchev–Trinajstić information content (AvgIpc) is 3.19. The molecule has 0 N–H and O–H groups in total. The molecule has 6 aromatic carbocycles. The summed E-state index contributed by atoms with van der Waals surface area (Å²) >= 11 is 0. The van der Waals surface area contributed by atoms with E-state index in [0.717, 1.165) is 17.4 Å². The first-order valence-electron chi connectivity index (χ1n) is 18.7. The molecule has 1 heterocycles. The van der Waals surface area contributed by atoms with Gasteiger partial charge >= 0.3 is 0 Å². The Morgan fingerprint density at radius 1 is 0.420 bits per heavy atom. The number of quaternary nitrogens is 1. The molecule has 0 radical (unpaired) electrons. The number of hydrogen-bond donors (Lipinski definition) is 0. The highest BCUT2D eigenvalue weighted by molar-refractivity contribution is 7.10. The number of nitrogens with zero attached hydrogens (tertiary/aromatic N) is 1. The quantitative estimate of drug-likeness (QED) is 0.151. The van der Waals surface area contributed by atoms with Crippen LogP contribution in [-0.2, 0) is 0 Å². The van der Waals surface area contributed by atoms with E-state index in [-0.39, 0.29) is 0 Å².